The number of anilines is 1. The van der Waals surface area contributed by atoms with Gasteiger partial charge in [-0.05, 0) is 25.3 Å². The molecule has 1 saturated carbocycles. The maximum atomic E-state index is 12.1. The van der Waals surface area contributed by atoms with Crippen molar-refractivity contribution < 1.29 is 9.59 Å². The number of amides is 2. The van der Waals surface area contributed by atoms with Crippen molar-refractivity contribution in [1.82, 2.24) is 15.1 Å². The zero-order chi connectivity index (χ0) is 14.6. The van der Waals surface area contributed by atoms with Gasteiger partial charge in [0, 0.05) is 11.8 Å². The molecule has 1 unspecified atom stereocenters. The molecule has 2 aromatic rings. The number of carbonyl (C=O) groups excluding carboxylic acids is 2. The molecular formula is C15H16N4O2. The van der Waals surface area contributed by atoms with Crippen molar-refractivity contribution in [3.05, 3.63) is 23.9 Å². The predicted octanol–water partition coefficient (Wildman–Crippen LogP) is 1.47. The first-order valence-corrected chi connectivity index (χ1v) is 7.25. The normalized spacial score (nSPS) is 22.6. The summed E-state index contributed by atoms with van der Waals surface area (Å²) < 4.78 is 1.96. The van der Waals surface area contributed by atoms with Crippen LogP contribution in [0.4, 0.5) is 5.69 Å². The quantitative estimate of drug-likeness (QED) is 0.645. The molecule has 0 radical (unpaired) electrons. The fourth-order valence-corrected chi connectivity index (χ4v) is 3.04. The Hall–Kier alpha value is -2.37. The maximum absolute atomic E-state index is 12.1. The molecule has 1 aliphatic carbocycles. The first-order chi connectivity index (χ1) is 10.1. The first-order valence-electron chi connectivity index (χ1n) is 7.25. The van der Waals surface area contributed by atoms with E-state index in [9.17, 15) is 9.59 Å². The van der Waals surface area contributed by atoms with Gasteiger partial charge in [0.2, 0.25) is 11.8 Å². The van der Waals surface area contributed by atoms with E-state index in [1.807, 2.05) is 22.9 Å². The highest BCUT2D eigenvalue weighted by Crippen LogP contribution is 2.41. The maximum Gasteiger partial charge on any atom is 0.235 e. The number of piperidine rings is 1. The smallest absolute Gasteiger partial charge is 0.235 e. The summed E-state index contributed by atoms with van der Waals surface area (Å²) in [5.41, 5.74) is 8.45. The van der Waals surface area contributed by atoms with E-state index in [0.29, 0.717) is 24.6 Å². The summed E-state index contributed by atoms with van der Waals surface area (Å²) in [5, 5.41) is 8.01. The van der Waals surface area contributed by atoms with Gasteiger partial charge in [-0.1, -0.05) is 12.1 Å². The average molecular weight is 284 g/mol. The molecule has 2 heterocycles. The molecule has 1 aromatic carbocycles. The summed E-state index contributed by atoms with van der Waals surface area (Å²) in [4.78, 5) is 23.4. The number of nitrogens with one attached hydrogen (secondary N) is 1. The third kappa shape index (κ3) is 1.90. The van der Waals surface area contributed by atoms with E-state index < -0.39 is 0 Å². The van der Waals surface area contributed by atoms with Crippen molar-refractivity contribution in [2.45, 2.75) is 37.6 Å². The van der Waals surface area contributed by atoms with Gasteiger partial charge in [0.05, 0.1) is 28.9 Å². The molecule has 2 aliphatic rings. The number of hydrogen-bond donors (Lipinski definition) is 2. The fourth-order valence-electron chi connectivity index (χ4n) is 3.04. The lowest BCUT2D eigenvalue weighted by atomic mass is 9.93. The highest BCUT2D eigenvalue weighted by molar-refractivity contribution is 6.03. The number of nitrogens with two attached hydrogens (primary N) is 1. The van der Waals surface area contributed by atoms with Crippen LogP contribution in [-0.4, -0.2) is 21.6 Å². The van der Waals surface area contributed by atoms with Crippen LogP contribution in [0.15, 0.2) is 18.2 Å². The minimum absolute atomic E-state index is 0.207. The second kappa shape index (κ2) is 4.31. The third-order valence-electron chi connectivity index (χ3n) is 4.25. The molecule has 6 nitrogen and oxygen atoms in total. The van der Waals surface area contributed by atoms with Crippen LogP contribution < -0.4 is 11.1 Å². The molecule has 1 aromatic heterocycles. The van der Waals surface area contributed by atoms with Crippen LogP contribution in [0, 0.1) is 0 Å². The van der Waals surface area contributed by atoms with E-state index in [0.717, 1.165) is 29.4 Å². The lowest BCUT2D eigenvalue weighted by Gasteiger charge is -2.19. The monoisotopic (exact) mass is 284 g/mol. The van der Waals surface area contributed by atoms with Crippen LogP contribution in [0.1, 0.15) is 43.3 Å². The molecule has 3 N–H and O–H groups in total. The largest absolute Gasteiger partial charge is 0.397 e. The molecule has 0 bridgehead atoms. The SMILES string of the molecule is Nc1cccc2c(C3CCC(=O)NC3=O)nn(C3CC3)c12. The summed E-state index contributed by atoms with van der Waals surface area (Å²) in [5.74, 6) is -0.829. The van der Waals surface area contributed by atoms with Gasteiger partial charge in [-0.25, -0.2) is 0 Å². The van der Waals surface area contributed by atoms with Gasteiger partial charge in [0.25, 0.3) is 0 Å². The van der Waals surface area contributed by atoms with Gasteiger partial charge < -0.3 is 5.73 Å². The molecule has 108 valence electrons. The molecule has 2 amide bonds. The van der Waals surface area contributed by atoms with Crippen molar-refractivity contribution in [3.63, 3.8) is 0 Å². The lowest BCUT2D eigenvalue weighted by molar-refractivity contribution is -0.134. The van der Waals surface area contributed by atoms with Gasteiger partial charge >= 0.3 is 0 Å². The van der Waals surface area contributed by atoms with E-state index >= 15 is 0 Å². The molecule has 2 fully saturated rings. The van der Waals surface area contributed by atoms with Crippen LogP contribution in [0.3, 0.4) is 0 Å². The van der Waals surface area contributed by atoms with Gasteiger partial charge in [-0.3, -0.25) is 19.6 Å². The summed E-state index contributed by atoms with van der Waals surface area (Å²) in [6.45, 7) is 0. The van der Waals surface area contributed by atoms with E-state index in [2.05, 4.69) is 10.4 Å². The van der Waals surface area contributed by atoms with E-state index in [1.165, 1.54) is 0 Å². The molecule has 21 heavy (non-hydrogen) atoms. The van der Waals surface area contributed by atoms with E-state index in [4.69, 9.17) is 5.73 Å². The van der Waals surface area contributed by atoms with Crippen molar-refractivity contribution in [2.24, 2.45) is 0 Å². The van der Waals surface area contributed by atoms with Crippen molar-refractivity contribution >= 4 is 28.4 Å². The topological polar surface area (TPSA) is 90.0 Å². The number of para-hydroxylation sites is 1. The number of rotatable bonds is 2. The summed E-state index contributed by atoms with van der Waals surface area (Å²) in [6, 6.07) is 6.08. The zero-order valence-electron chi connectivity index (χ0n) is 11.5. The predicted molar refractivity (Wildman–Crippen MR) is 77.5 cm³/mol. The molecule has 6 heteroatoms. The van der Waals surface area contributed by atoms with Gasteiger partial charge in [-0.15, -0.1) is 0 Å². The number of imide groups is 1. The fraction of sp³-hybridized carbons (Fsp3) is 0.400. The average Bonchev–Trinajstić information content (AvgIpc) is 3.21. The molecular weight excluding hydrogens is 268 g/mol. The Kier molecular flexibility index (Phi) is 2.54. The van der Waals surface area contributed by atoms with Gasteiger partial charge in [0.15, 0.2) is 0 Å². The minimum atomic E-state index is -0.369. The van der Waals surface area contributed by atoms with Crippen LogP contribution in [0.5, 0.6) is 0 Å². The molecule has 0 spiro atoms. The third-order valence-corrected chi connectivity index (χ3v) is 4.25. The van der Waals surface area contributed by atoms with Crippen LogP contribution in [0.25, 0.3) is 10.9 Å². The number of fused-ring (bicyclic) bond motifs is 1. The summed E-state index contributed by atoms with van der Waals surface area (Å²) in [6.07, 6.45) is 3.06. The number of carbonyl (C=O) groups is 2. The zero-order valence-corrected chi connectivity index (χ0v) is 11.5. The van der Waals surface area contributed by atoms with Crippen molar-refractivity contribution in [2.75, 3.05) is 5.73 Å². The van der Waals surface area contributed by atoms with E-state index in [-0.39, 0.29) is 17.7 Å². The molecule has 1 saturated heterocycles. The number of nitrogen functional groups attached to an aromatic ring is 1. The van der Waals surface area contributed by atoms with Crippen molar-refractivity contribution in [3.8, 4) is 0 Å². The second-order valence-electron chi connectivity index (χ2n) is 5.81. The Morgan fingerprint density at radius 3 is 2.76 bits per heavy atom. The lowest BCUT2D eigenvalue weighted by Crippen LogP contribution is -2.39. The number of aromatic nitrogens is 2. The highest BCUT2D eigenvalue weighted by atomic mass is 16.2. The highest BCUT2D eigenvalue weighted by Gasteiger charge is 2.34. The Morgan fingerprint density at radius 1 is 1.24 bits per heavy atom. The molecule has 1 aliphatic heterocycles. The van der Waals surface area contributed by atoms with Crippen LogP contribution in [0.2, 0.25) is 0 Å². The minimum Gasteiger partial charge on any atom is -0.397 e. The standard InChI is InChI=1S/C15H16N4O2/c16-11-3-1-2-9-13(10-6-7-12(20)17-15(10)21)18-19(14(9)11)8-4-5-8/h1-3,8,10H,4-7,16H2,(H,17,20,21). The number of nitrogens with zero attached hydrogens (tertiary/aromatic N) is 2. The molecule has 4 rings (SSSR count). The number of hydrogen-bond acceptors (Lipinski definition) is 4. The Morgan fingerprint density at radius 2 is 2.05 bits per heavy atom. The Labute approximate surface area is 121 Å². The van der Waals surface area contributed by atoms with Crippen LogP contribution >= 0.6 is 0 Å². The van der Waals surface area contributed by atoms with Crippen LogP contribution in [-0.2, 0) is 9.59 Å². The molecule has 1 atom stereocenters. The van der Waals surface area contributed by atoms with Crippen molar-refractivity contribution in [1.29, 1.82) is 0 Å². The Bertz CT molecular complexity index is 760. The van der Waals surface area contributed by atoms with Gasteiger partial charge in [0.1, 0.15) is 0 Å². The summed E-state index contributed by atoms with van der Waals surface area (Å²) in [7, 11) is 0. The first kappa shape index (κ1) is 12.4. The van der Waals surface area contributed by atoms with Gasteiger partial charge in [-0.2, -0.15) is 5.10 Å². The summed E-state index contributed by atoms with van der Waals surface area (Å²) >= 11 is 0. The number of benzene rings is 1. The Balaban J connectivity index is 1.87. The van der Waals surface area contributed by atoms with E-state index in [1.54, 1.807) is 0 Å². The second-order valence-corrected chi connectivity index (χ2v) is 5.81.